The average Bonchev–Trinajstić information content (AvgIpc) is 2.82. The fraction of sp³-hybridized carbons (Fsp3) is 0.400. The molecule has 0 aliphatic carbocycles. The van der Waals surface area contributed by atoms with Crippen LogP contribution in [0.15, 0.2) is 36.4 Å². The van der Waals surface area contributed by atoms with E-state index in [1.807, 2.05) is 35.0 Å². The van der Waals surface area contributed by atoms with Crippen molar-refractivity contribution in [2.75, 3.05) is 0 Å². The number of hydrogen-bond donors (Lipinski definition) is 1. The fourth-order valence-electron chi connectivity index (χ4n) is 2.12. The number of hydrogen-bond acceptors (Lipinski definition) is 2. The lowest BCUT2D eigenvalue weighted by Crippen LogP contribution is -2.08. The Morgan fingerprint density at radius 3 is 2.56 bits per heavy atom. The van der Waals surface area contributed by atoms with Gasteiger partial charge in [0.25, 0.3) is 0 Å². The molecule has 0 bridgehead atoms. The molecule has 1 atom stereocenters. The van der Waals surface area contributed by atoms with Crippen molar-refractivity contribution in [1.29, 1.82) is 0 Å². The Morgan fingerprint density at radius 1 is 1.22 bits per heavy atom. The van der Waals surface area contributed by atoms with Crippen LogP contribution in [0.5, 0.6) is 0 Å². The van der Waals surface area contributed by atoms with Crippen LogP contribution in [0.3, 0.4) is 0 Å². The summed E-state index contributed by atoms with van der Waals surface area (Å²) in [5.41, 5.74) is 3.15. The topological polar surface area (TPSA) is 38.0 Å². The summed E-state index contributed by atoms with van der Waals surface area (Å²) < 4.78 is 1.98. The van der Waals surface area contributed by atoms with Gasteiger partial charge in [-0.2, -0.15) is 5.10 Å². The number of rotatable bonds is 5. The standard InChI is InChI=1S/C15H20N2O/c1-3-13-10-14(17(4-2)16-13)11-15(18)12-8-6-5-7-9-12/h5-10,15,18H,3-4,11H2,1-2H3. The Bertz CT molecular complexity index is 490. The number of nitrogens with zero attached hydrogens (tertiary/aromatic N) is 2. The Morgan fingerprint density at radius 2 is 1.94 bits per heavy atom. The zero-order valence-electron chi connectivity index (χ0n) is 11.0. The van der Waals surface area contributed by atoms with Crippen LogP contribution in [-0.4, -0.2) is 14.9 Å². The second-order valence-corrected chi connectivity index (χ2v) is 4.43. The molecule has 1 aromatic heterocycles. The van der Waals surface area contributed by atoms with Crippen LogP contribution >= 0.6 is 0 Å². The third-order valence-electron chi connectivity index (χ3n) is 3.16. The Balaban J connectivity index is 2.16. The first kappa shape index (κ1) is 12.8. The Hall–Kier alpha value is -1.61. The molecule has 0 saturated carbocycles. The molecule has 0 radical (unpaired) electrons. The van der Waals surface area contributed by atoms with E-state index in [2.05, 4.69) is 25.0 Å². The molecule has 0 aliphatic heterocycles. The van der Waals surface area contributed by atoms with Crippen molar-refractivity contribution in [3.8, 4) is 0 Å². The van der Waals surface area contributed by atoms with E-state index in [9.17, 15) is 5.11 Å². The van der Waals surface area contributed by atoms with E-state index in [-0.39, 0.29) is 0 Å². The SMILES string of the molecule is CCc1cc(CC(O)c2ccccc2)n(CC)n1. The number of aryl methyl sites for hydroxylation is 2. The minimum Gasteiger partial charge on any atom is -0.388 e. The molecular weight excluding hydrogens is 224 g/mol. The van der Waals surface area contributed by atoms with Gasteiger partial charge in [-0.25, -0.2) is 0 Å². The molecule has 3 heteroatoms. The summed E-state index contributed by atoms with van der Waals surface area (Å²) in [6.45, 7) is 5.02. The van der Waals surface area contributed by atoms with Gasteiger partial charge in [0.1, 0.15) is 0 Å². The van der Waals surface area contributed by atoms with Crippen LogP contribution < -0.4 is 0 Å². The molecule has 0 aliphatic rings. The molecular formula is C15H20N2O. The largest absolute Gasteiger partial charge is 0.388 e. The molecule has 0 saturated heterocycles. The molecule has 96 valence electrons. The highest BCUT2D eigenvalue weighted by Crippen LogP contribution is 2.18. The summed E-state index contributed by atoms with van der Waals surface area (Å²) in [5, 5.41) is 14.7. The Kier molecular flexibility index (Phi) is 4.15. The van der Waals surface area contributed by atoms with Crippen molar-refractivity contribution in [2.24, 2.45) is 0 Å². The second kappa shape index (κ2) is 5.83. The molecule has 1 heterocycles. The molecule has 0 fully saturated rings. The van der Waals surface area contributed by atoms with E-state index < -0.39 is 6.10 Å². The number of aliphatic hydroxyl groups is 1. The van der Waals surface area contributed by atoms with E-state index in [1.165, 1.54) is 0 Å². The summed E-state index contributed by atoms with van der Waals surface area (Å²) in [4.78, 5) is 0. The maximum atomic E-state index is 10.2. The van der Waals surface area contributed by atoms with Gasteiger partial charge in [-0.3, -0.25) is 4.68 Å². The normalized spacial score (nSPS) is 12.6. The van der Waals surface area contributed by atoms with Gasteiger partial charge >= 0.3 is 0 Å². The zero-order valence-corrected chi connectivity index (χ0v) is 11.0. The highest BCUT2D eigenvalue weighted by Gasteiger charge is 2.12. The van der Waals surface area contributed by atoms with Gasteiger partial charge in [-0.15, -0.1) is 0 Å². The molecule has 18 heavy (non-hydrogen) atoms. The summed E-state index contributed by atoms with van der Waals surface area (Å²) >= 11 is 0. The first-order valence-corrected chi connectivity index (χ1v) is 6.53. The third-order valence-corrected chi connectivity index (χ3v) is 3.16. The molecule has 1 unspecified atom stereocenters. The quantitative estimate of drug-likeness (QED) is 0.878. The van der Waals surface area contributed by atoms with Crippen LogP contribution in [0.25, 0.3) is 0 Å². The van der Waals surface area contributed by atoms with Gasteiger partial charge in [0, 0.05) is 18.7 Å². The minimum atomic E-state index is -0.460. The third kappa shape index (κ3) is 2.79. The highest BCUT2D eigenvalue weighted by atomic mass is 16.3. The first-order valence-electron chi connectivity index (χ1n) is 6.53. The van der Waals surface area contributed by atoms with Gasteiger partial charge in [0.05, 0.1) is 11.8 Å². The lowest BCUT2D eigenvalue weighted by molar-refractivity contribution is 0.175. The van der Waals surface area contributed by atoms with E-state index in [1.54, 1.807) is 0 Å². The highest BCUT2D eigenvalue weighted by molar-refractivity contribution is 5.20. The maximum absolute atomic E-state index is 10.2. The van der Waals surface area contributed by atoms with Crippen molar-refractivity contribution in [3.05, 3.63) is 53.3 Å². The molecule has 3 nitrogen and oxygen atoms in total. The second-order valence-electron chi connectivity index (χ2n) is 4.43. The zero-order chi connectivity index (χ0) is 13.0. The molecule has 1 N–H and O–H groups in total. The van der Waals surface area contributed by atoms with Gasteiger partial charge in [0.2, 0.25) is 0 Å². The van der Waals surface area contributed by atoms with Crippen LogP contribution in [0.4, 0.5) is 0 Å². The van der Waals surface area contributed by atoms with Crippen LogP contribution in [-0.2, 0) is 19.4 Å². The van der Waals surface area contributed by atoms with E-state index in [4.69, 9.17) is 0 Å². The molecule has 0 amide bonds. The Labute approximate surface area is 108 Å². The number of aliphatic hydroxyl groups excluding tert-OH is 1. The van der Waals surface area contributed by atoms with Crippen LogP contribution in [0.1, 0.15) is 36.9 Å². The van der Waals surface area contributed by atoms with E-state index in [0.717, 1.165) is 29.9 Å². The van der Waals surface area contributed by atoms with Crippen molar-refractivity contribution in [3.63, 3.8) is 0 Å². The van der Waals surface area contributed by atoms with Gasteiger partial charge in [-0.1, -0.05) is 37.3 Å². The summed E-state index contributed by atoms with van der Waals surface area (Å²) in [6, 6.07) is 11.9. The minimum absolute atomic E-state index is 0.460. The first-order chi connectivity index (χ1) is 8.74. The van der Waals surface area contributed by atoms with Gasteiger partial charge in [0.15, 0.2) is 0 Å². The van der Waals surface area contributed by atoms with E-state index >= 15 is 0 Å². The van der Waals surface area contributed by atoms with Crippen molar-refractivity contribution >= 4 is 0 Å². The molecule has 0 spiro atoms. The van der Waals surface area contributed by atoms with Crippen molar-refractivity contribution in [2.45, 2.75) is 39.3 Å². The molecule has 2 aromatic rings. The molecule has 2 rings (SSSR count). The monoisotopic (exact) mass is 244 g/mol. The van der Waals surface area contributed by atoms with Crippen LogP contribution in [0.2, 0.25) is 0 Å². The number of aromatic nitrogens is 2. The predicted molar refractivity (Wildman–Crippen MR) is 72.4 cm³/mol. The summed E-state index contributed by atoms with van der Waals surface area (Å²) in [6.07, 6.45) is 1.09. The maximum Gasteiger partial charge on any atom is 0.0845 e. The van der Waals surface area contributed by atoms with E-state index in [0.29, 0.717) is 6.42 Å². The lowest BCUT2D eigenvalue weighted by Gasteiger charge is -2.11. The smallest absolute Gasteiger partial charge is 0.0845 e. The summed E-state index contributed by atoms with van der Waals surface area (Å²) in [5.74, 6) is 0. The van der Waals surface area contributed by atoms with Crippen molar-refractivity contribution in [1.82, 2.24) is 9.78 Å². The molecule has 1 aromatic carbocycles. The average molecular weight is 244 g/mol. The van der Waals surface area contributed by atoms with Gasteiger partial charge in [-0.05, 0) is 25.0 Å². The predicted octanol–water partition coefficient (Wildman–Crippen LogP) is 2.74. The fourth-order valence-corrected chi connectivity index (χ4v) is 2.12. The lowest BCUT2D eigenvalue weighted by atomic mass is 10.0. The number of benzene rings is 1. The summed E-state index contributed by atoms with van der Waals surface area (Å²) in [7, 11) is 0. The van der Waals surface area contributed by atoms with Crippen molar-refractivity contribution < 1.29 is 5.11 Å². The van der Waals surface area contributed by atoms with Gasteiger partial charge < -0.3 is 5.11 Å². The van der Waals surface area contributed by atoms with Crippen LogP contribution in [0, 0.1) is 0 Å².